The maximum Gasteiger partial charge on any atom is 0.257 e. The van der Waals surface area contributed by atoms with Gasteiger partial charge < -0.3 is 10.6 Å². The first-order chi connectivity index (χ1) is 8.98. The molecule has 0 spiro atoms. The van der Waals surface area contributed by atoms with Crippen molar-refractivity contribution < 1.29 is 13.2 Å². The Kier molecular flexibility index (Phi) is 3.05. The lowest BCUT2D eigenvalue weighted by molar-refractivity contribution is 0.0793. The zero-order valence-corrected chi connectivity index (χ0v) is 12.1. The second-order valence-corrected chi connectivity index (χ2v) is 8.41. The monoisotopic (exact) mass is 300 g/mol. The Bertz CT molecular complexity index is 628. The zero-order chi connectivity index (χ0) is 13.6. The van der Waals surface area contributed by atoms with E-state index < -0.39 is 9.84 Å². The van der Waals surface area contributed by atoms with Crippen LogP contribution in [0.5, 0.6) is 0 Å². The van der Waals surface area contributed by atoms with Crippen LogP contribution in [0.25, 0.3) is 0 Å². The quantitative estimate of drug-likeness (QED) is 0.840. The van der Waals surface area contributed by atoms with Crippen LogP contribution in [0.15, 0.2) is 0 Å². The Morgan fingerprint density at radius 3 is 2.63 bits per heavy atom. The molecule has 0 bridgehead atoms. The second-order valence-electron chi connectivity index (χ2n) is 5.08. The van der Waals surface area contributed by atoms with Crippen LogP contribution in [0.2, 0.25) is 0 Å². The number of sulfone groups is 1. The Morgan fingerprint density at radius 1 is 1.26 bits per heavy atom. The number of nitrogens with zero attached hydrogens (tertiary/aromatic N) is 1. The molecule has 0 saturated carbocycles. The van der Waals surface area contributed by atoms with Gasteiger partial charge in [0.05, 0.1) is 22.1 Å². The molecule has 3 rings (SSSR count). The number of carbonyl (C=O) groups is 1. The molecule has 1 amide bonds. The molecule has 1 saturated heterocycles. The minimum atomic E-state index is -3.01. The normalized spacial score (nSPS) is 21.4. The highest BCUT2D eigenvalue weighted by Crippen LogP contribution is 2.37. The molecule has 104 valence electrons. The fourth-order valence-electron chi connectivity index (χ4n) is 2.76. The standard InChI is InChI=1S/C12H16N2O3S2/c13-11-10(12(15)14-4-1-2-5-14)8-3-6-19(16,17)7-9(8)18-11/h1-7,13H2. The number of hydrogen-bond acceptors (Lipinski definition) is 5. The molecular formula is C12H16N2O3S2. The van der Waals surface area contributed by atoms with Crippen molar-refractivity contribution in [3.8, 4) is 0 Å². The van der Waals surface area contributed by atoms with Crippen LogP contribution in [0.4, 0.5) is 5.00 Å². The fourth-order valence-corrected chi connectivity index (χ4v) is 5.67. The number of likely N-dealkylation sites (tertiary alicyclic amines) is 1. The number of anilines is 1. The number of nitrogen functional groups attached to an aromatic ring is 1. The molecule has 7 heteroatoms. The lowest BCUT2D eigenvalue weighted by Gasteiger charge is -2.18. The second kappa shape index (κ2) is 4.49. The highest BCUT2D eigenvalue weighted by molar-refractivity contribution is 7.90. The number of fused-ring (bicyclic) bond motifs is 1. The number of rotatable bonds is 1. The summed E-state index contributed by atoms with van der Waals surface area (Å²) in [4.78, 5) is 15.0. The summed E-state index contributed by atoms with van der Waals surface area (Å²) in [7, 11) is -3.01. The summed E-state index contributed by atoms with van der Waals surface area (Å²) in [6, 6.07) is 0. The fraction of sp³-hybridized carbons (Fsp3) is 0.583. The zero-order valence-electron chi connectivity index (χ0n) is 10.5. The summed E-state index contributed by atoms with van der Waals surface area (Å²) in [6.45, 7) is 1.56. The summed E-state index contributed by atoms with van der Waals surface area (Å²) in [6.07, 6.45) is 2.49. The molecule has 0 aromatic carbocycles. The first-order valence-corrected chi connectivity index (χ1v) is 9.01. The molecule has 0 radical (unpaired) electrons. The third-order valence-corrected chi connectivity index (χ3v) is 6.54. The summed E-state index contributed by atoms with van der Waals surface area (Å²) >= 11 is 1.26. The lowest BCUT2D eigenvalue weighted by Crippen LogP contribution is -2.29. The molecule has 2 N–H and O–H groups in total. The first kappa shape index (κ1) is 12.9. The van der Waals surface area contributed by atoms with Gasteiger partial charge in [-0.25, -0.2) is 8.42 Å². The largest absolute Gasteiger partial charge is 0.390 e. The van der Waals surface area contributed by atoms with E-state index in [1.165, 1.54) is 11.3 Å². The van der Waals surface area contributed by atoms with Gasteiger partial charge in [-0.05, 0) is 24.8 Å². The predicted octanol–water partition coefficient (Wildman–Crippen LogP) is 1.04. The summed E-state index contributed by atoms with van der Waals surface area (Å²) in [5, 5.41) is 0.471. The van der Waals surface area contributed by atoms with E-state index in [0.29, 0.717) is 17.0 Å². The molecular weight excluding hydrogens is 284 g/mol. The summed E-state index contributed by atoms with van der Waals surface area (Å²) < 4.78 is 23.3. The summed E-state index contributed by atoms with van der Waals surface area (Å²) in [5.41, 5.74) is 7.39. The van der Waals surface area contributed by atoms with Gasteiger partial charge in [-0.2, -0.15) is 0 Å². The molecule has 2 aliphatic rings. The molecule has 3 heterocycles. The average Bonchev–Trinajstić information content (AvgIpc) is 2.93. The topological polar surface area (TPSA) is 80.5 Å². The van der Waals surface area contributed by atoms with Gasteiger partial charge in [-0.1, -0.05) is 0 Å². The van der Waals surface area contributed by atoms with Crippen molar-refractivity contribution in [1.82, 2.24) is 4.90 Å². The number of amides is 1. The molecule has 0 unspecified atom stereocenters. The number of hydrogen-bond donors (Lipinski definition) is 1. The van der Waals surface area contributed by atoms with Gasteiger partial charge in [0.15, 0.2) is 9.84 Å². The van der Waals surface area contributed by atoms with Gasteiger partial charge in [0.2, 0.25) is 0 Å². The van der Waals surface area contributed by atoms with Crippen molar-refractivity contribution in [1.29, 1.82) is 0 Å². The third-order valence-electron chi connectivity index (χ3n) is 3.74. The van der Waals surface area contributed by atoms with Gasteiger partial charge in [0, 0.05) is 18.0 Å². The van der Waals surface area contributed by atoms with Crippen molar-refractivity contribution in [2.75, 3.05) is 24.6 Å². The van der Waals surface area contributed by atoms with E-state index in [-0.39, 0.29) is 17.4 Å². The molecule has 0 atom stereocenters. The van der Waals surface area contributed by atoms with Gasteiger partial charge in [-0.15, -0.1) is 11.3 Å². The van der Waals surface area contributed by atoms with Crippen LogP contribution < -0.4 is 5.73 Å². The maximum atomic E-state index is 12.5. The van der Waals surface area contributed by atoms with E-state index in [2.05, 4.69) is 0 Å². The Labute approximate surface area is 116 Å². The Hall–Kier alpha value is -1.08. The number of carbonyl (C=O) groups excluding carboxylic acids is 1. The molecule has 1 fully saturated rings. The van der Waals surface area contributed by atoms with Crippen LogP contribution in [-0.4, -0.2) is 38.1 Å². The van der Waals surface area contributed by atoms with Gasteiger partial charge in [0.1, 0.15) is 0 Å². The van der Waals surface area contributed by atoms with E-state index >= 15 is 0 Å². The van der Waals surface area contributed by atoms with E-state index in [1.54, 1.807) is 0 Å². The predicted molar refractivity (Wildman–Crippen MR) is 75.1 cm³/mol. The van der Waals surface area contributed by atoms with Crippen molar-refractivity contribution in [3.05, 3.63) is 16.0 Å². The van der Waals surface area contributed by atoms with E-state index in [0.717, 1.165) is 36.4 Å². The summed E-state index contributed by atoms with van der Waals surface area (Å²) in [5.74, 6) is 0.132. The van der Waals surface area contributed by atoms with E-state index in [4.69, 9.17) is 5.73 Å². The van der Waals surface area contributed by atoms with E-state index in [9.17, 15) is 13.2 Å². The van der Waals surface area contributed by atoms with Gasteiger partial charge >= 0.3 is 0 Å². The van der Waals surface area contributed by atoms with Crippen LogP contribution in [0, 0.1) is 0 Å². The smallest absolute Gasteiger partial charge is 0.257 e. The van der Waals surface area contributed by atoms with Crippen LogP contribution >= 0.6 is 11.3 Å². The van der Waals surface area contributed by atoms with E-state index in [1.807, 2.05) is 4.90 Å². The maximum absolute atomic E-state index is 12.5. The number of thiophene rings is 1. The third kappa shape index (κ3) is 2.25. The van der Waals surface area contributed by atoms with Crippen molar-refractivity contribution in [3.63, 3.8) is 0 Å². The van der Waals surface area contributed by atoms with Crippen LogP contribution in [0.3, 0.4) is 0 Å². The van der Waals surface area contributed by atoms with Crippen LogP contribution in [-0.2, 0) is 22.0 Å². The average molecular weight is 300 g/mol. The molecule has 2 aliphatic heterocycles. The van der Waals surface area contributed by atoms with Crippen LogP contribution in [0.1, 0.15) is 33.6 Å². The highest BCUT2D eigenvalue weighted by Gasteiger charge is 2.32. The van der Waals surface area contributed by atoms with Crippen molar-refractivity contribution >= 4 is 32.1 Å². The molecule has 5 nitrogen and oxygen atoms in total. The SMILES string of the molecule is Nc1sc2c(c1C(=O)N1CCCC1)CCS(=O)(=O)C2. The molecule has 1 aromatic heterocycles. The van der Waals surface area contributed by atoms with Crippen molar-refractivity contribution in [2.24, 2.45) is 0 Å². The van der Waals surface area contributed by atoms with Crippen molar-refractivity contribution in [2.45, 2.75) is 25.0 Å². The van der Waals surface area contributed by atoms with Gasteiger partial charge in [0.25, 0.3) is 5.91 Å². The Balaban J connectivity index is 1.99. The highest BCUT2D eigenvalue weighted by atomic mass is 32.2. The molecule has 19 heavy (non-hydrogen) atoms. The molecule has 1 aromatic rings. The molecule has 0 aliphatic carbocycles. The van der Waals surface area contributed by atoms with Gasteiger partial charge in [-0.3, -0.25) is 4.79 Å². The minimum absolute atomic E-state index is 0.0215. The minimum Gasteiger partial charge on any atom is -0.390 e. The Morgan fingerprint density at radius 2 is 1.95 bits per heavy atom. The number of nitrogens with two attached hydrogens (primary N) is 1. The first-order valence-electron chi connectivity index (χ1n) is 6.37. The lowest BCUT2D eigenvalue weighted by atomic mass is 10.1.